The Morgan fingerprint density at radius 1 is 1.30 bits per heavy atom. The molecular weight excluding hydrogens is 326 g/mol. The largest absolute Gasteiger partial charge is 0.336 e. The summed E-state index contributed by atoms with van der Waals surface area (Å²) in [4.78, 5) is 28.4. The number of ketones is 1. The van der Waals surface area contributed by atoms with Crippen molar-refractivity contribution >= 4 is 34.4 Å². The Labute approximate surface area is 144 Å². The predicted molar refractivity (Wildman–Crippen MR) is 95.6 cm³/mol. The van der Waals surface area contributed by atoms with E-state index in [0.29, 0.717) is 16.5 Å². The van der Waals surface area contributed by atoms with E-state index in [2.05, 4.69) is 17.5 Å². The molecule has 1 amide bonds. The van der Waals surface area contributed by atoms with Crippen LogP contribution in [0.5, 0.6) is 0 Å². The molecule has 0 unspecified atom stereocenters. The van der Waals surface area contributed by atoms with Crippen molar-refractivity contribution in [2.45, 2.75) is 45.1 Å². The average molecular weight is 348 g/mol. The normalized spacial score (nSPS) is 18.1. The lowest BCUT2D eigenvalue weighted by molar-refractivity contribution is 0.0603. The summed E-state index contributed by atoms with van der Waals surface area (Å²) in [5.74, 6) is 0.117. The summed E-state index contributed by atoms with van der Waals surface area (Å²) in [6, 6.07) is 6.31. The van der Waals surface area contributed by atoms with Crippen LogP contribution in [0.15, 0.2) is 29.0 Å². The Bertz CT molecular complexity index is 675. The monoisotopic (exact) mass is 347 g/mol. The Hall–Kier alpha value is -1.46. The zero-order chi connectivity index (χ0) is 16.2. The SMILES string of the molecule is CC(=O)c1cc(C(=O)N2CCCC[C@@H]2CCc2cccs2)cs1. The minimum atomic E-state index is 0.0296. The van der Waals surface area contributed by atoms with Crippen molar-refractivity contribution in [1.29, 1.82) is 0 Å². The first kappa shape index (κ1) is 16.4. The summed E-state index contributed by atoms with van der Waals surface area (Å²) in [6.07, 6.45) is 5.41. The second-order valence-corrected chi connectivity index (χ2v) is 7.97. The molecule has 23 heavy (non-hydrogen) atoms. The number of carbonyl (C=O) groups excluding carboxylic acids is 2. The molecule has 1 fully saturated rings. The fourth-order valence-corrected chi connectivity index (χ4v) is 4.64. The van der Waals surface area contributed by atoms with Crippen molar-refractivity contribution in [2.75, 3.05) is 6.54 Å². The van der Waals surface area contributed by atoms with Crippen LogP contribution in [-0.2, 0) is 6.42 Å². The van der Waals surface area contributed by atoms with E-state index < -0.39 is 0 Å². The van der Waals surface area contributed by atoms with Gasteiger partial charge in [-0.2, -0.15) is 0 Å². The topological polar surface area (TPSA) is 37.4 Å². The van der Waals surface area contributed by atoms with E-state index in [1.54, 1.807) is 24.3 Å². The lowest BCUT2D eigenvalue weighted by Crippen LogP contribution is -2.43. The van der Waals surface area contributed by atoms with Crippen molar-refractivity contribution in [3.8, 4) is 0 Å². The molecule has 1 aliphatic rings. The molecule has 0 aliphatic carbocycles. The van der Waals surface area contributed by atoms with E-state index in [-0.39, 0.29) is 11.7 Å². The standard InChI is InChI=1S/C18H21NO2S2/c1-13(20)17-11-14(12-23-17)18(21)19-9-3-2-5-15(19)7-8-16-6-4-10-22-16/h4,6,10-12,15H,2-3,5,7-9H2,1H3/t15-/m1/s1. The molecule has 0 N–H and O–H groups in total. The second kappa shape index (κ2) is 7.41. The zero-order valence-electron chi connectivity index (χ0n) is 13.3. The molecule has 2 aromatic rings. The van der Waals surface area contributed by atoms with E-state index >= 15 is 0 Å². The van der Waals surface area contributed by atoms with Gasteiger partial charge in [0.25, 0.3) is 5.91 Å². The van der Waals surface area contributed by atoms with Crippen LogP contribution in [0.3, 0.4) is 0 Å². The molecule has 1 saturated heterocycles. The summed E-state index contributed by atoms with van der Waals surface area (Å²) in [6.45, 7) is 2.38. The van der Waals surface area contributed by atoms with Crippen LogP contribution in [0, 0.1) is 0 Å². The van der Waals surface area contributed by atoms with Crippen LogP contribution in [0.2, 0.25) is 0 Å². The van der Waals surface area contributed by atoms with Crippen molar-refractivity contribution in [3.63, 3.8) is 0 Å². The van der Waals surface area contributed by atoms with Gasteiger partial charge in [0, 0.05) is 22.8 Å². The quantitative estimate of drug-likeness (QED) is 0.739. The summed E-state index contributed by atoms with van der Waals surface area (Å²) < 4.78 is 0. The molecule has 0 saturated carbocycles. The third kappa shape index (κ3) is 3.90. The zero-order valence-corrected chi connectivity index (χ0v) is 14.9. The Morgan fingerprint density at radius 2 is 2.17 bits per heavy atom. The first-order valence-corrected chi connectivity index (χ1v) is 9.84. The molecule has 122 valence electrons. The summed E-state index contributed by atoms with van der Waals surface area (Å²) >= 11 is 3.15. The smallest absolute Gasteiger partial charge is 0.254 e. The van der Waals surface area contributed by atoms with E-state index in [1.807, 2.05) is 10.3 Å². The number of thiophene rings is 2. The number of Topliss-reactive ketones (excluding diaryl/α,β-unsaturated/α-hetero) is 1. The van der Waals surface area contributed by atoms with Crippen LogP contribution < -0.4 is 0 Å². The highest BCUT2D eigenvalue weighted by molar-refractivity contribution is 7.12. The van der Waals surface area contributed by atoms with Gasteiger partial charge in [0.05, 0.1) is 10.4 Å². The highest BCUT2D eigenvalue weighted by Crippen LogP contribution is 2.26. The number of aryl methyl sites for hydroxylation is 1. The van der Waals surface area contributed by atoms with E-state index in [1.165, 1.54) is 22.6 Å². The number of nitrogens with zero attached hydrogens (tertiary/aromatic N) is 1. The molecule has 3 rings (SSSR count). The van der Waals surface area contributed by atoms with Gasteiger partial charge < -0.3 is 4.90 Å². The molecule has 0 bridgehead atoms. The highest BCUT2D eigenvalue weighted by Gasteiger charge is 2.28. The summed E-state index contributed by atoms with van der Waals surface area (Å²) in [7, 11) is 0. The lowest BCUT2D eigenvalue weighted by Gasteiger charge is -2.35. The molecule has 3 heterocycles. The van der Waals surface area contributed by atoms with Crippen LogP contribution >= 0.6 is 22.7 Å². The molecule has 2 aromatic heterocycles. The molecular formula is C18H21NO2S2. The Balaban J connectivity index is 1.69. The van der Waals surface area contributed by atoms with E-state index in [9.17, 15) is 9.59 Å². The third-order valence-electron chi connectivity index (χ3n) is 4.39. The van der Waals surface area contributed by atoms with Gasteiger partial charge in [-0.3, -0.25) is 9.59 Å². The number of rotatable bonds is 5. The molecule has 0 radical (unpaired) electrons. The molecule has 0 aromatic carbocycles. The van der Waals surface area contributed by atoms with Crippen molar-refractivity contribution in [3.05, 3.63) is 44.3 Å². The molecule has 3 nitrogen and oxygen atoms in total. The molecule has 1 aliphatic heterocycles. The van der Waals surface area contributed by atoms with Gasteiger partial charge in [0.2, 0.25) is 0 Å². The number of piperidine rings is 1. The van der Waals surface area contributed by atoms with Crippen LogP contribution in [0.25, 0.3) is 0 Å². The number of hydrogen-bond donors (Lipinski definition) is 0. The summed E-state index contributed by atoms with van der Waals surface area (Å²) in [5, 5.41) is 3.93. The fourth-order valence-electron chi connectivity index (χ4n) is 3.13. The van der Waals surface area contributed by atoms with Gasteiger partial charge in [-0.15, -0.1) is 22.7 Å². The first-order valence-electron chi connectivity index (χ1n) is 8.08. The van der Waals surface area contributed by atoms with E-state index in [0.717, 1.165) is 32.2 Å². The maximum absolute atomic E-state index is 12.8. The van der Waals surface area contributed by atoms with Crippen molar-refractivity contribution in [1.82, 2.24) is 4.90 Å². The van der Waals surface area contributed by atoms with Crippen LogP contribution in [-0.4, -0.2) is 29.2 Å². The molecule has 5 heteroatoms. The minimum Gasteiger partial charge on any atom is -0.336 e. The highest BCUT2D eigenvalue weighted by atomic mass is 32.1. The van der Waals surface area contributed by atoms with Crippen LogP contribution in [0.4, 0.5) is 0 Å². The second-order valence-electron chi connectivity index (χ2n) is 6.02. The predicted octanol–water partition coefficient (Wildman–Crippen LogP) is 4.64. The minimum absolute atomic E-state index is 0.0296. The van der Waals surface area contributed by atoms with Gasteiger partial charge >= 0.3 is 0 Å². The van der Waals surface area contributed by atoms with Gasteiger partial charge in [-0.1, -0.05) is 6.07 Å². The Morgan fingerprint density at radius 3 is 2.87 bits per heavy atom. The summed E-state index contributed by atoms with van der Waals surface area (Å²) in [5.41, 5.74) is 0.670. The number of amides is 1. The van der Waals surface area contributed by atoms with Gasteiger partial charge in [-0.25, -0.2) is 0 Å². The van der Waals surface area contributed by atoms with Crippen molar-refractivity contribution < 1.29 is 9.59 Å². The average Bonchev–Trinajstić information content (AvgIpc) is 3.24. The number of hydrogen-bond acceptors (Lipinski definition) is 4. The maximum atomic E-state index is 12.8. The number of carbonyl (C=O) groups is 2. The molecule has 1 atom stereocenters. The first-order chi connectivity index (χ1) is 11.1. The van der Waals surface area contributed by atoms with Gasteiger partial charge in [0.15, 0.2) is 5.78 Å². The third-order valence-corrected chi connectivity index (χ3v) is 6.35. The lowest BCUT2D eigenvalue weighted by atomic mass is 9.97. The van der Waals surface area contributed by atoms with Gasteiger partial charge in [0.1, 0.15) is 0 Å². The van der Waals surface area contributed by atoms with Gasteiger partial charge in [-0.05, 0) is 56.5 Å². The van der Waals surface area contributed by atoms with E-state index in [4.69, 9.17) is 0 Å². The maximum Gasteiger partial charge on any atom is 0.254 e. The molecule has 0 spiro atoms. The van der Waals surface area contributed by atoms with Crippen molar-refractivity contribution in [2.24, 2.45) is 0 Å². The van der Waals surface area contributed by atoms with Crippen LogP contribution in [0.1, 0.15) is 57.5 Å². The number of likely N-dealkylation sites (tertiary alicyclic amines) is 1. The Kier molecular flexibility index (Phi) is 5.28. The fraction of sp³-hybridized carbons (Fsp3) is 0.444.